The van der Waals surface area contributed by atoms with Gasteiger partial charge in [0.25, 0.3) is 0 Å². The zero-order chi connectivity index (χ0) is 20.4. The molecule has 1 saturated carbocycles. The molecule has 2 fully saturated rings. The van der Waals surface area contributed by atoms with Crippen LogP contribution >= 0.6 is 0 Å². The molecule has 1 saturated heterocycles. The van der Waals surface area contributed by atoms with Gasteiger partial charge in [-0.05, 0) is 40.0 Å². The highest BCUT2D eigenvalue weighted by molar-refractivity contribution is 5.88. The summed E-state index contributed by atoms with van der Waals surface area (Å²) in [6.45, 7) is 11.1. The Balaban J connectivity index is 2.02. The topological polar surface area (TPSA) is 105 Å². The number of rotatable bonds is 6. The fourth-order valence-corrected chi connectivity index (χ4v) is 3.37. The summed E-state index contributed by atoms with van der Waals surface area (Å²) in [5.74, 6) is -0.825. The van der Waals surface area contributed by atoms with Gasteiger partial charge in [-0.3, -0.25) is 14.5 Å². The summed E-state index contributed by atoms with van der Waals surface area (Å²) >= 11 is 0. The summed E-state index contributed by atoms with van der Waals surface area (Å²) in [6, 6.07) is -0.838. The molecule has 2 aliphatic rings. The van der Waals surface area contributed by atoms with Crippen LogP contribution in [0.25, 0.3) is 0 Å². The lowest BCUT2D eigenvalue weighted by Gasteiger charge is -2.28. The van der Waals surface area contributed by atoms with Crippen LogP contribution in [0.4, 0.5) is 4.79 Å². The summed E-state index contributed by atoms with van der Waals surface area (Å²) in [5, 5.41) is 12.7. The maximum absolute atomic E-state index is 12.7. The van der Waals surface area contributed by atoms with Gasteiger partial charge < -0.3 is 19.9 Å². The lowest BCUT2D eigenvalue weighted by Crippen LogP contribution is -2.49. The van der Waals surface area contributed by atoms with Crippen LogP contribution in [0.2, 0.25) is 0 Å². The van der Waals surface area contributed by atoms with E-state index in [4.69, 9.17) is 9.47 Å². The molecular formula is C19H30N2O6. The van der Waals surface area contributed by atoms with Gasteiger partial charge in [0.05, 0.1) is 24.7 Å². The Hall–Kier alpha value is -2.09. The molecule has 8 nitrogen and oxygen atoms in total. The van der Waals surface area contributed by atoms with E-state index in [1.54, 1.807) is 33.8 Å². The third-order valence-electron chi connectivity index (χ3n) is 4.89. The average molecular weight is 382 g/mol. The third kappa shape index (κ3) is 4.80. The van der Waals surface area contributed by atoms with Gasteiger partial charge in [-0.15, -0.1) is 6.58 Å². The molecule has 0 unspecified atom stereocenters. The number of carbonyl (C=O) groups is 3. The molecule has 27 heavy (non-hydrogen) atoms. The fraction of sp³-hybridized carbons (Fsp3) is 0.737. The average Bonchev–Trinajstić information content (AvgIpc) is 3.16. The number of carbonyl (C=O) groups excluding carboxylic acids is 3. The Morgan fingerprint density at radius 3 is 2.56 bits per heavy atom. The minimum Gasteiger partial charge on any atom is -0.465 e. The second-order valence-corrected chi connectivity index (χ2v) is 8.18. The molecule has 0 aromatic rings. The SMILES string of the molecule is C=C[C@@H]1C[C@]1(CNC(=O)[C@@H]1C[C@@H](O)CN1C(=O)OC(C)(C)C)C(=O)OCC. The van der Waals surface area contributed by atoms with Gasteiger partial charge in [-0.1, -0.05) is 6.08 Å². The number of likely N-dealkylation sites (tertiary alicyclic amines) is 1. The van der Waals surface area contributed by atoms with Crippen LogP contribution in [0, 0.1) is 11.3 Å². The van der Waals surface area contributed by atoms with E-state index >= 15 is 0 Å². The zero-order valence-electron chi connectivity index (χ0n) is 16.5. The van der Waals surface area contributed by atoms with Crippen molar-refractivity contribution in [2.45, 2.75) is 58.3 Å². The summed E-state index contributed by atoms with van der Waals surface area (Å²) in [7, 11) is 0. The summed E-state index contributed by atoms with van der Waals surface area (Å²) in [5.41, 5.74) is -1.49. The zero-order valence-corrected chi connectivity index (χ0v) is 16.5. The lowest BCUT2D eigenvalue weighted by atomic mass is 10.0. The van der Waals surface area contributed by atoms with Gasteiger partial charge in [0.1, 0.15) is 11.6 Å². The van der Waals surface area contributed by atoms with E-state index in [2.05, 4.69) is 11.9 Å². The number of amides is 2. The Bertz CT molecular complexity index is 614. The van der Waals surface area contributed by atoms with Crippen LogP contribution < -0.4 is 5.32 Å². The molecule has 0 aromatic carbocycles. The molecule has 0 bridgehead atoms. The van der Waals surface area contributed by atoms with Gasteiger partial charge in [-0.2, -0.15) is 0 Å². The van der Waals surface area contributed by atoms with Crippen LogP contribution in [0.1, 0.15) is 40.5 Å². The van der Waals surface area contributed by atoms with E-state index in [1.807, 2.05) is 0 Å². The predicted octanol–water partition coefficient (Wildman–Crippen LogP) is 1.23. The number of nitrogens with one attached hydrogen (secondary N) is 1. The number of β-amino-alcohol motifs (C(OH)–C–C–N with tert-alkyl or cyclic N) is 1. The number of hydrogen-bond acceptors (Lipinski definition) is 6. The van der Waals surface area contributed by atoms with Crippen LogP contribution in [-0.4, -0.2) is 65.4 Å². The smallest absolute Gasteiger partial charge is 0.411 e. The first-order chi connectivity index (χ1) is 12.5. The molecule has 0 spiro atoms. The molecule has 2 amide bonds. The third-order valence-corrected chi connectivity index (χ3v) is 4.89. The van der Waals surface area contributed by atoms with Crippen molar-refractivity contribution in [2.75, 3.05) is 19.7 Å². The molecule has 8 heteroatoms. The monoisotopic (exact) mass is 382 g/mol. The summed E-state index contributed by atoms with van der Waals surface area (Å²) in [4.78, 5) is 38.5. The molecule has 2 rings (SSSR count). The van der Waals surface area contributed by atoms with E-state index in [0.717, 1.165) is 0 Å². The number of esters is 1. The normalized spacial score (nSPS) is 29.8. The molecule has 0 radical (unpaired) electrons. The summed E-state index contributed by atoms with van der Waals surface area (Å²) < 4.78 is 10.4. The van der Waals surface area contributed by atoms with Gasteiger partial charge in [0.2, 0.25) is 5.91 Å². The van der Waals surface area contributed by atoms with E-state index in [-0.39, 0.29) is 38.0 Å². The van der Waals surface area contributed by atoms with Crippen molar-refractivity contribution >= 4 is 18.0 Å². The first-order valence-electron chi connectivity index (χ1n) is 9.29. The van der Waals surface area contributed by atoms with Crippen molar-refractivity contribution in [1.29, 1.82) is 0 Å². The second-order valence-electron chi connectivity index (χ2n) is 8.18. The number of ether oxygens (including phenoxy) is 2. The van der Waals surface area contributed by atoms with E-state index in [9.17, 15) is 19.5 Å². The van der Waals surface area contributed by atoms with Gasteiger partial charge >= 0.3 is 12.1 Å². The standard InChI is InChI=1S/C19H30N2O6/c1-6-12-9-19(12,16(24)26-7-2)11-20-15(23)14-8-13(22)10-21(14)17(25)27-18(3,4)5/h6,12-14,22H,1,7-11H2,2-5H3,(H,20,23)/t12-,13-,14+,19-/m1/s1. The number of nitrogens with zero attached hydrogens (tertiary/aromatic N) is 1. The van der Waals surface area contributed by atoms with Crippen LogP contribution in [-0.2, 0) is 19.1 Å². The van der Waals surface area contributed by atoms with Crippen LogP contribution in [0.15, 0.2) is 12.7 Å². The number of allylic oxidation sites excluding steroid dienone is 1. The highest BCUT2D eigenvalue weighted by Gasteiger charge is 2.60. The fourth-order valence-electron chi connectivity index (χ4n) is 3.37. The Morgan fingerprint density at radius 1 is 1.37 bits per heavy atom. The maximum Gasteiger partial charge on any atom is 0.411 e. The highest BCUT2D eigenvalue weighted by atomic mass is 16.6. The minimum atomic E-state index is -0.838. The van der Waals surface area contributed by atoms with Gasteiger partial charge in [0, 0.05) is 13.0 Å². The molecule has 0 aromatic heterocycles. The van der Waals surface area contributed by atoms with Crippen LogP contribution in [0.5, 0.6) is 0 Å². The number of aliphatic hydroxyl groups excluding tert-OH is 1. The molecule has 4 atom stereocenters. The molecular weight excluding hydrogens is 352 g/mol. The quantitative estimate of drug-likeness (QED) is 0.529. The Morgan fingerprint density at radius 2 is 2.04 bits per heavy atom. The molecule has 2 N–H and O–H groups in total. The van der Waals surface area contributed by atoms with Crippen molar-refractivity contribution < 1.29 is 29.0 Å². The Labute approximate surface area is 159 Å². The van der Waals surface area contributed by atoms with E-state index < -0.39 is 35.2 Å². The van der Waals surface area contributed by atoms with Gasteiger partial charge in [0.15, 0.2) is 0 Å². The molecule has 1 heterocycles. The maximum atomic E-state index is 12.7. The highest BCUT2D eigenvalue weighted by Crippen LogP contribution is 2.53. The van der Waals surface area contributed by atoms with Crippen molar-refractivity contribution in [3.8, 4) is 0 Å². The Kier molecular flexibility index (Phi) is 6.19. The molecule has 1 aliphatic carbocycles. The van der Waals surface area contributed by atoms with Crippen LogP contribution in [0.3, 0.4) is 0 Å². The first kappa shape index (κ1) is 21.2. The lowest BCUT2D eigenvalue weighted by molar-refractivity contribution is -0.150. The van der Waals surface area contributed by atoms with E-state index in [1.165, 1.54) is 4.90 Å². The first-order valence-corrected chi connectivity index (χ1v) is 9.29. The number of hydrogen-bond donors (Lipinski definition) is 2. The van der Waals surface area contributed by atoms with E-state index in [0.29, 0.717) is 6.42 Å². The van der Waals surface area contributed by atoms with Crippen molar-refractivity contribution in [2.24, 2.45) is 11.3 Å². The number of aliphatic hydroxyl groups is 1. The summed E-state index contributed by atoms with van der Waals surface area (Å²) in [6.07, 6.45) is 0.944. The van der Waals surface area contributed by atoms with Crippen molar-refractivity contribution in [1.82, 2.24) is 10.2 Å². The molecule has 152 valence electrons. The minimum absolute atomic E-state index is 0.0330. The van der Waals surface area contributed by atoms with Crippen molar-refractivity contribution in [3.63, 3.8) is 0 Å². The molecule has 1 aliphatic heterocycles. The van der Waals surface area contributed by atoms with Crippen molar-refractivity contribution in [3.05, 3.63) is 12.7 Å². The predicted molar refractivity (Wildman–Crippen MR) is 97.7 cm³/mol. The second kappa shape index (κ2) is 7.88. The largest absolute Gasteiger partial charge is 0.465 e. The van der Waals surface area contributed by atoms with Gasteiger partial charge in [-0.25, -0.2) is 4.79 Å².